The Hall–Kier alpha value is -4.34. The number of benzene rings is 2. The van der Waals surface area contributed by atoms with Gasteiger partial charge in [0.2, 0.25) is 5.91 Å². The minimum Gasteiger partial charge on any atom is -0.383 e. The summed E-state index contributed by atoms with van der Waals surface area (Å²) >= 11 is 0. The lowest BCUT2D eigenvalue weighted by Crippen LogP contribution is -2.40. The molecule has 2 N–H and O–H groups in total. The van der Waals surface area contributed by atoms with Crippen LogP contribution in [0, 0.1) is 11.6 Å². The molecule has 10 heteroatoms. The monoisotopic (exact) mass is 515 g/mol. The molecule has 2 aromatic heterocycles. The van der Waals surface area contributed by atoms with Gasteiger partial charge in [0, 0.05) is 49.1 Å². The molecule has 0 radical (unpaired) electrons. The van der Waals surface area contributed by atoms with Crippen LogP contribution in [-0.2, 0) is 17.8 Å². The molecule has 4 aromatic rings. The highest BCUT2D eigenvalue weighted by Gasteiger charge is 2.28. The van der Waals surface area contributed by atoms with Gasteiger partial charge >= 0.3 is 0 Å². The predicted molar refractivity (Wildman–Crippen MR) is 141 cm³/mol. The van der Waals surface area contributed by atoms with Gasteiger partial charge in [0.15, 0.2) is 5.65 Å². The van der Waals surface area contributed by atoms with E-state index in [1.165, 1.54) is 18.5 Å². The van der Waals surface area contributed by atoms with Gasteiger partial charge in [0.1, 0.15) is 29.5 Å². The first-order valence-electron chi connectivity index (χ1n) is 12.6. The minimum atomic E-state index is -0.569. The molecule has 1 amide bonds. The van der Waals surface area contributed by atoms with Crippen LogP contribution in [0.1, 0.15) is 30.0 Å². The Labute approximate surface area is 218 Å². The molecule has 2 aromatic carbocycles. The molecule has 0 aliphatic carbocycles. The average molecular weight is 516 g/mol. The summed E-state index contributed by atoms with van der Waals surface area (Å²) in [5.74, 6) is -0.814. The lowest BCUT2D eigenvalue weighted by atomic mass is 10.1. The van der Waals surface area contributed by atoms with Gasteiger partial charge in [-0.1, -0.05) is 30.8 Å². The number of amides is 1. The Bertz CT molecular complexity index is 1550. The molecular formula is C28H27F2N7O. The number of anilines is 2. The van der Waals surface area contributed by atoms with Crippen molar-refractivity contribution in [1.82, 2.24) is 24.6 Å². The summed E-state index contributed by atoms with van der Waals surface area (Å²) in [6.07, 6.45) is 5.03. The van der Waals surface area contributed by atoms with Crippen molar-refractivity contribution in [2.75, 3.05) is 30.3 Å². The van der Waals surface area contributed by atoms with Gasteiger partial charge in [-0.25, -0.2) is 23.4 Å². The first-order chi connectivity index (χ1) is 18.4. The highest BCUT2D eigenvalue weighted by Crippen LogP contribution is 2.35. The van der Waals surface area contributed by atoms with Gasteiger partial charge in [0.05, 0.1) is 11.4 Å². The molecule has 1 saturated heterocycles. The maximum absolute atomic E-state index is 14.2. The highest BCUT2D eigenvalue weighted by molar-refractivity contribution is 5.98. The summed E-state index contributed by atoms with van der Waals surface area (Å²) in [7, 11) is 0. The number of carbonyl (C=O) groups is 1. The first-order valence-corrected chi connectivity index (χ1v) is 12.6. The average Bonchev–Trinajstić information content (AvgIpc) is 3.51. The van der Waals surface area contributed by atoms with Crippen LogP contribution in [0.25, 0.3) is 22.3 Å². The molecule has 0 saturated carbocycles. The fourth-order valence-electron chi connectivity index (χ4n) is 5.58. The van der Waals surface area contributed by atoms with E-state index in [2.05, 4.69) is 16.5 Å². The molecule has 1 unspecified atom stereocenters. The number of halogens is 2. The van der Waals surface area contributed by atoms with Gasteiger partial charge < -0.3 is 15.5 Å². The molecular weight excluding hydrogens is 488 g/mol. The maximum Gasteiger partial charge on any atom is 0.246 e. The Morgan fingerprint density at radius 1 is 1.16 bits per heavy atom. The van der Waals surface area contributed by atoms with Crippen LogP contribution < -0.4 is 10.6 Å². The quantitative estimate of drug-likeness (QED) is 0.399. The SMILES string of the molecule is C=CC(=O)N1CCCC(n2nc(-c3ccc(CN4CCc5c(F)cc(F)cc54)cc3)c3c(N)ncnc32)C1. The Morgan fingerprint density at radius 3 is 2.76 bits per heavy atom. The maximum atomic E-state index is 14.2. The summed E-state index contributed by atoms with van der Waals surface area (Å²) in [5.41, 5.74) is 10.6. The third-order valence-corrected chi connectivity index (χ3v) is 7.46. The Morgan fingerprint density at radius 2 is 1.97 bits per heavy atom. The van der Waals surface area contributed by atoms with E-state index in [1.807, 2.05) is 33.8 Å². The van der Waals surface area contributed by atoms with Crippen LogP contribution in [0.4, 0.5) is 20.3 Å². The zero-order valence-electron chi connectivity index (χ0n) is 20.8. The van der Waals surface area contributed by atoms with Crippen molar-refractivity contribution in [3.8, 4) is 11.3 Å². The largest absolute Gasteiger partial charge is 0.383 e. The number of nitrogen functional groups attached to an aromatic ring is 1. The van der Waals surface area contributed by atoms with Crippen LogP contribution >= 0.6 is 0 Å². The molecule has 8 nitrogen and oxygen atoms in total. The van der Waals surface area contributed by atoms with Crippen LogP contribution in [-0.4, -0.2) is 50.2 Å². The molecule has 1 fully saturated rings. The molecule has 4 heterocycles. The summed E-state index contributed by atoms with van der Waals surface area (Å²) in [4.78, 5) is 24.7. The van der Waals surface area contributed by atoms with Crippen LogP contribution in [0.2, 0.25) is 0 Å². The molecule has 0 bridgehead atoms. The second-order valence-electron chi connectivity index (χ2n) is 9.79. The predicted octanol–water partition coefficient (Wildman–Crippen LogP) is 4.27. The van der Waals surface area contributed by atoms with Crippen LogP contribution in [0.5, 0.6) is 0 Å². The second-order valence-corrected chi connectivity index (χ2v) is 9.79. The summed E-state index contributed by atoms with van der Waals surface area (Å²) < 4.78 is 29.9. The van der Waals surface area contributed by atoms with Crippen molar-refractivity contribution in [2.24, 2.45) is 0 Å². The van der Waals surface area contributed by atoms with Gasteiger partial charge in [0.25, 0.3) is 0 Å². The third kappa shape index (κ3) is 4.15. The van der Waals surface area contributed by atoms with Crippen molar-refractivity contribution >= 4 is 28.4 Å². The van der Waals surface area contributed by atoms with E-state index in [0.29, 0.717) is 66.4 Å². The lowest BCUT2D eigenvalue weighted by molar-refractivity contribution is -0.127. The van der Waals surface area contributed by atoms with E-state index in [1.54, 1.807) is 4.90 Å². The van der Waals surface area contributed by atoms with E-state index in [9.17, 15) is 13.6 Å². The lowest BCUT2D eigenvalue weighted by Gasteiger charge is -2.32. The Kier molecular flexibility index (Phi) is 6.01. The normalized spacial score (nSPS) is 17.2. The van der Waals surface area contributed by atoms with Crippen molar-refractivity contribution < 1.29 is 13.6 Å². The topological polar surface area (TPSA) is 93.2 Å². The first kappa shape index (κ1) is 24.0. The summed E-state index contributed by atoms with van der Waals surface area (Å²) in [5, 5.41) is 5.60. The van der Waals surface area contributed by atoms with Crippen LogP contribution in [0.15, 0.2) is 55.4 Å². The standard InChI is InChI=1S/C28H27F2N7O/c1-2-24(38)36-10-3-4-20(15-36)37-28-25(27(31)32-16-33-28)26(34-37)18-7-5-17(6-8-18)14-35-11-9-21-22(30)12-19(29)13-23(21)35/h2,5-8,12-13,16,20H,1,3-4,9-11,14-15H2,(H2,31,32,33). The Balaban J connectivity index is 1.30. The van der Waals surface area contributed by atoms with Gasteiger partial charge in [-0.2, -0.15) is 5.10 Å². The van der Waals surface area contributed by atoms with E-state index < -0.39 is 11.6 Å². The van der Waals surface area contributed by atoms with Crippen molar-refractivity contribution in [3.63, 3.8) is 0 Å². The molecule has 38 heavy (non-hydrogen) atoms. The van der Waals surface area contributed by atoms with Crippen molar-refractivity contribution in [3.05, 3.63) is 78.1 Å². The second kappa shape index (κ2) is 9.51. The fraction of sp³-hybridized carbons (Fsp3) is 0.286. The number of piperidine rings is 1. The molecule has 1 atom stereocenters. The van der Waals surface area contributed by atoms with Gasteiger partial charge in [-0.05, 0) is 37.0 Å². The fourth-order valence-corrected chi connectivity index (χ4v) is 5.58. The number of aromatic nitrogens is 4. The van der Waals surface area contributed by atoms with E-state index in [-0.39, 0.29) is 11.9 Å². The van der Waals surface area contributed by atoms with Crippen molar-refractivity contribution in [1.29, 1.82) is 0 Å². The van der Waals surface area contributed by atoms with E-state index in [4.69, 9.17) is 10.8 Å². The number of likely N-dealkylation sites (tertiary alicyclic amines) is 1. The minimum absolute atomic E-state index is 0.0477. The molecule has 194 valence electrons. The number of fused-ring (bicyclic) bond motifs is 2. The summed E-state index contributed by atoms with van der Waals surface area (Å²) in [6, 6.07) is 10.2. The zero-order chi connectivity index (χ0) is 26.4. The number of rotatable bonds is 5. The number of hydrogen-bond acceptors (Lipinski definition) is 6. The van der Waals surface area contributed by atoms with Crippen LogP contribution in [0.3, 0.4) is 0 Å². The molecule has 6 rings (SSSR count). The van der Waals surface area contributed by atoms with E-state index >= 15 is 0 Å². The third-order valence-electron chi connectivity index (χ3n) is 7.46. The highest BCUT2D eigenvalue weighted by atomic mass is 19.1. The number of carbonyl (C=O) groups excluding carboxylic acids is 1. The van der Waals surface area contributed by atoms with Gasteiger partial charge in [-0.3, -0.25) is 4.79 Å². The molecule has 2 aliphatic heterocycles. The number of nitrogens with two attached hydrogens (primary N) is 1. The van der Waals surface area contributed by atoms with E-state index in [0.717, 1.165) is 30.0 Å². The smallest absolute Gasteiger partial charge is 0.246 e. The molecule has 2 aliphatic rings. The molecule has 0 spiro atoms. The van der Waals surface area contributed by atoms with Gasteiger partial charge in [-0.15, -0.1) is 0 Å². The number of nitrogens with zero attached hydrogens (tertiary/aromatic N) is 6. The van der Waals surface area contributed by atoms with Crippen molar-refractivity contribution in [2.45, 2.75) is 31.8 Å². The zero-order valence-corrected chi connectivity index (χ0v) is 20.8. The number of hydrogen-bond donors (Lipinski definition) is 1. The summed E-state index contributed by atoms with van der Waals surface area (Å²) in [6.45, 7) is 5.98.